The Balaban J connectivity index is 0.000000292. The molecule has 1 unspecified atom stereocenters. The topological polar surface area (TPSA) is 70.4 Å². The smallest absolute Gasteiger partial charge is 0.178 e. The molecule has 0 aliphatic heterocycles. The van der Waals surface area contributed by atoms with Gasteiger partial charge in [-0.15, -0.1) is 0 Å². The molecule has 0 aromatic carbocycles. The highest BCUT2D eigenvalue weighted by Crippen LogP contribution is 1.92. The number of carbonyl (C=O) groups excluding carboxylic acids is 1. The Bertz CT molecular complexity index is 259. The maximum absolute atomic E-state index is 10.6. The molecule has 1 atom stereocenters. The molecule has 14 heavy (non-hydrogen) atoms. The van der Waals surface area contributed by atoms with Crippen LogP contribution < -0.4 is 0 Å². The van der Waals surface area contributed by atoms with E-state index >= 15 is 0 Å². The van der Waals surface area contributed by atoms with Gasteiger partial charge in [0.15, 0.2) is 5.78 Å². The zero-order valence-corrected chi connectivity index (χ0v) is 8.34. The number of ketones is 1. The minimum absolute atomic E-state index is 0.00981. The van der Waals surface area contributed by atoms with Gasteiger partial charge in [-0.1, -0.05) is 6.07 Å². The summed E-state index contributed by atoms with van der Waals surface area (Å²) in [6.45, 7) is 2.89. The Morgan fingerprint density at radius 1 is 1.57 bits per heavy atom. The lowest BCUT2D eigenvalue weighted by molar-refractivity contribution is 0.101. The van der Waals surface area contributed by atoms with Crippen molar-refractivity contribution in [1.29, 1.82) is 0 Å². The van der Waals surface area contributed by atoms with Crippen LogP contribution in [0.25, 0.3) is 0 Å². The van der Waals surface area contributed by atoms with Crippen LogP contribution in [0.3, 0.4) is 0 Å². The third-order valence-corrected chi connectivity index (χ3v) is 1.29. The molecule has 0 fully saturated rings. The molecule has 1 heterocycles. The van der Waals surface area contributed by atoms with E-state index in [1.807, 2.05) is 0 Å². The quantitative estimate of drug-likeness (QED) is 0.683. The standard InChI is InChI=1S/C7H7NO.C3H8O2/c1-6(9)7-4-2-3-5-8-7;1-3(5)2-4/h2-5H,1H3;3-5H,2H2,1H3. The van der Waals surface area contributed by atoms with Gasteiger partial charge in [0, 0.05) is 13.1 Å². The van der Waals surface area contributed by atoms with Crippen LogP contribution in [0.1, 0.15) is 24.3 Å². The van der Waals surface area contributed by atoms with Crippen molar-refractivity contribution >= 4 is 5.78 Å². The minimum atomic E-state index is -0.560. The van der Waals surface area contributed by atoms with Crippen molar-refractivity contribution in [1.82, 2.24) is 4.98 Å². The van der Waals surface area contributed by atoms with Crippen molar-refractivity contribution < 1.29 is 15.0 Å². The Morgan fingerprint density at radius 2 is 2.14 bits per heavy atom. The maximum Gasteiger partial charge on any atom is 0.178 e. The van der Waals surface area contributed by atoms with Gasteiger partial charge in [0.25, 0.3) is 0 Å². The molecule has 0 spiro atoms. The van der Waals surface area contributed by atoms with Gasteiger partial charge in [0.05, 0.1) is 12.7 Å². The second-order valence-electron chi connectivity index (χ2n) is 2.80. The summed E-state index contributed by atoms with van der Waals surface area (Å²) in [4.78, 5) is 14.4. The average molecular weight is 197 g/mol. The molecule has 0 saturated heterocycles. The van der Waals surface area contributed by atoms with Crippen molar-refractivity contribution in [2.24, 2.45) is 0 Å². The molecule has 1 rings (SSSR count). The summed E-state index contributed by atoms with van der Waals surface area (Å²) in [6.07, 6.45) is 1.05. The van der Waals surface area contributed by atoms with Crippen LogP contribution in [0.15, 0.2) is 24.4 Å². The number of aliphatic hydroxyl groups excluding tert-OH is 2. The minimum Gasteiger partial charge on any atom is -0.394 e. The molecule has 0 radical (unpaired) electrons. The summed E-state index contributed by atoms with van der Waals surface area (Å²) in [5.41, 5.74) is 0.525. The predicted octanol–water partition coefficient (Wildman–Crippen LogP) is 0.644. The zero-order valence-electron chi connectivity index (χ0n) is 8.34. The van der Waals surface area contributed by atoms with Crippen LogP contribution in [-0.2, 0) is 0 Å². The molecule has 4 nitrogen and oxygen atoms in total. The number of aromatic nitrogens is 1. The molecule has 0 saturated carbocycles. The fraction of sp³-hybridized carbons (Fsp3) is 0.400. The molecule has 4 heteroatoms. The highest BCUT2D eigenvalue weighted by atomic mass is 16.3. The van der Waals surface area contributed by atoms with Crippen LogP contribution in [0.2, 0.25) is 0 Å². The van der Waals surface area contributed by atoms with Crippen LogP contribution in [0.4, 0.5) is 0 Å². The molecule has 2 N–H and O–H groups in total. The monoisotopic (exact) mass is 197 g/mol. The second kappa shape index (κ2) is 7.17. The lowest BCUT2D eigenvalue weighted by Crippen LogP contribution is -2.03. The normalized spacial score (nSPS) is 11.1. The number of hydrogen-bond donors (Lipinski definition) is 2. The molecule has 78 valence electrons. The van der Waals surface area contributed by atoms with Gasteiger partial charge >= 0.3 is 0 Å². The average Bonchev–Trinajstić information content (AvgIpc) is 2.20. The number of rotatable bonds is 2. The van der Waals surface area contributed by atoms with Gasteiger partial charge in [0.2, 0.25) is 0 Å². The van der Waals surface area contributed by atoms with E-state index in [0.29, 0.717) is 5.69 Å². The number of carbonyl (C=O) groups is 1. The number of Topliss-reactive ketones (excluding diaryl/α,β-unsaturated/α-hetero) is 1. The lowest BCUT2D eigenvalue weighted by Gasteiger charge is -1.90. The molecular formula is C10H15NO3. The van der Waals surface area contributed by atoms with Gasteiger partial charge in [-0.2, -0.15) is 0 Å². The number of aliphatic hydroxyl groups is 2. The predicted molar refractivity (Wildman–Crippen MR) is 53.0 cm³/mol. The second-order valence-corrected chi connectivity index (χ2v) is 2.80. The fourth-order valence-electron chi connectivity index (χ4n) is 0.571. The van der Waals surface area contributed by atoms with Crippen LogP contribution in [0.5, 0.6) is 0 Å². The number of nitrogens with zero attached hydrogens (tertiary/aromatic N) is 1. The Labute approximate surface area is 83.2 Å². The van der Waals surface area contributed by atoms with Crippen LogP contribution in [-0.4, -0.2) is 33.7 Å². The highest BCUT2D eigenvalue weighted by molar-refractivity contribution is 5.91. The van der Waals surface area contributed by atoms with E-state index in [-0.39, 0.29) is 12.4 Å². The van der Waals surface area contributed by atoms with E-state index in [4.69, 9.17) is 10.2 Å². The van der Waals surface area contributed by atoms with E-state index in [9.17, 15) is 4.79 Å². The first-order valence-electron chi connectivity index (χ1n) is 4.28. The van der Waals surface area contributed by atoms with Crippen molar-refractivity contribution in [3.05, 3.63) is 30.1 Å². The first-order chi connectivity index (χ1) is 6.57. The largest absolute Gasteiger partial charge is 0.394 e. The van der Waals surface area contributed by atoms with E-state index in [1.54, 1.807) is 24.4 Å². The summed E-state index contributed by atoms with van der Waals surface area (Å²) in [5, 5.41) is 16.0. The summed E-state index contributed by atoms with van der Waals surface area (Å²) >= 11 is 0. The van der Waals surface area contributed by atoms with Gasteiger partial charge in [0.1, 0.15) is 5.69 Å². The summed E-state index contributed by atoms with van der Waals surface area (Å²) < 4.78 is 0. The summed E-state index contributed by atoms with van der Waals surface area (Å²) in [5.74, 6) is 0.00981. The van der Waals surface area contributed by atoms with Crippen molar-refractivity contribution in [3.63, 3.8) is 0 Å². The fourth-order valence-corrected chi connectivity index (χ4v) is 0.571. The SMILES string of the molecule is CC(=O)c1ccccn1.CC(O)CO. The molecule has 0 amide bonds. The van der Waals surface area contributed by atoms with Gasteiger partial charge in [-0.3, -0.25) is 9.78 Å². The number of pyridine rings is 1. The highest BCUT2D eigenvalue weighted by Gasteiger charge is 1.94. The molecule has 0 bridgehead atoms. The Morgan fingerprint density at radius 3 is 2.36 bits per heavy atom. The Hall–Kier alpha value is -1.26. The van der Waals surface area contributed by atoms with E-state index in [1.165, 1.54) is 13.8 Å². The first-order valence-corrected chi connectivity index (χ1v) is 4.28. The lowest BCUT2D eigenvalue weighted by atomic mass is 10.3. The third-order valence-electron chi connectivity index (χ3n) is 1.29. The number of hydrogen-bond acceptors (Lipinski definition) is 4. The van der Waals surface area contributed by atoms with Gasteiger partial charge in [-0.25, -0.2) is 0 Å². The van der Waals surface area contributed by atoms with Crippen LogP contribution in [0, 0.1) is 0 Å². The Kier molecular flexibility index (Phi) is 6.53. The molecule has 0 aliphatic carbocycles. The summed E-state index contributed by atoms with van der Waals surface area (Å²) in [7, 11) is 0. The molecule has 0 aliphatic rings. The maximum atomic E-state index is 10.6. The third kappa shape index (κ3) is 6.28. The van der Waals surface area contributed by atoms with Crippen molar-refractivity contribution in [3.8, 4) is 0 Å². The van der Waals surface area contributed by atoms with E-state index in [2.05, 4.69) is 4.98 Å². The van der Waals surface area contributed by atoms with Crippen molar-refractivity contribution in [2.75, 3.05) is 6.61 Å². The van der Waals surface area contributed by atoms with Gasteiger partial charge < -0.3 is 10.2 Å². The van der Waals surface area contributed by atoms with E-state index < -0.39 is 6.10 Å². The molecule has 1 aromatic rings. The van der Waals surface area contributed by atoms with Crippen LogP contribution >= 0.6 is 0 Å². The van der Waals surface area contributed by atoms with Gasteiger partial charge in [-0.05, 0) is 19.1 Å². The summed E-state index contributed by atoms with van der Waals surface area (Å²) in [6, 6.07) is 5.28. The van der Waals surface area contributed by atoms with E-state index in [0.717, 1.165) is 0 Å². The molecule has 1 aromatic heterocycles. The zero-order chi connectivity index (χ0) is 11.0. The molecular weight excluding hydrogens is 182 g/mol. The van der Waals surface area contributed by atoms with Crippen molar-refractivity contribution in [2.45, 2.75) is 20.0 Å². The first kappa shape index (κ1) is 12.7.